The molecule has 112 heavy (non-hydrogen) atoms. The Kier molecular flexibility index (Phi) is 14.5. The van der Waals surface area contributed by atoms with Crippen LogP contribution < -0.4 is 25.5 Å². The molecule has 21 rings (SSSR count). The third kappa shape index (κ3) is 10.6. The fourth-order valence-corrected chi connectivity index (χ4v) is 19.4. The van der Waals surface area contributed by atoms with Crippen LogP contribution in [0.4, 0.5) is 34.1 Å². The number of fused-ring (bicyclic) bond motifs is 14. The van der Waals surface area contributed by atoms with Gasteiger partial charge in [-0.05, 0) is 181 Å². The van der Waals surface area contributed by atoms with E-state index in [9.17, 15) is 4.11 Å². The smallest absolute Gasteiger partial charge is 0.264 e. The molecule has 536 valence electrons. The van der Waals surface area contributed by atoms with Crippen LogP contribution in [0.1, 0.15) is 83.1 Å². The minimum absolute atomic E-state index is 0.0262. The Hall–Kier alpha value is -12.8. The SMILES string of the molecule is [2H]c1c([2H])c(-n2c3ccccc3c3cc(-c4c5ccccc5nc5ccccc45)ccc32)c([2H])c2c1B1c3sc4cc(-n5c6ccccc6c6ccccc65)ccc4c3N(c3c(-c4ccccc4)cc(C(C)(C)C)cc3-c3ccccc3)c3cc(C(C)(C)C)cc(c31)N2c1c(-c2ccccc2)cc(C(C)(C)C)cc1-c1ccccc1. The van der Waals surface area contributed by atoms with E-state index in [0.717, 1.165) is 176 Å². The maximum absolute atomic E-state index is 12.0. The van der Waals surface area contributed by atoms with Gasteiger partial charge in [0.2, 0.25) is 0 Å². The van der Waals surface area contributed by atoms with E-state index in [1.54, 1.807) is 11.3 Å². The van der Waals surface area contributed by atoms with Crippen molar-refractivity contribution in [3.05, 3.63) is 350 Å². The summed E-state index contributed by atoms with van der Waals surface area (Å²) in [6.07, 6.45) is 0. The summed E-state index contributed by atoms with van der Waals surface area (Å²) in [5.41, 5.74) is 27.0. The predicted octanol–water partition coefficient (Wildman–Crippen LogP) is 27.1. The minimum atomic E-state index is -0.686. The highest BCUT2D eigenvalue weighted by Crippen LogP contribution is 2.57. The number of aromatic nitrogens is 3. The zero-order valence-corrected chi connectivity index (χ0v) is 65.1. The Morgan fingerprint density at radius 1 is 0.321 bits per heavy atom. The highest BCUT2D eigenvalue weighted by atomic mass is 32.1. The molecule has 4 aromatic heterocycles. The van der Waals surface area contributed by atoms with Crippen molar-refractivity contribution in [2.75, 3.05) is 9.80 Å². The zero-order valence-electron chi connectivity index (χ0n) is 67.2. The van der Waals surface area contributed by atoms with Gasteiger partial charge in [0.15, 0.2) is 0 Å². The number of pyridine rings is 1. The van der Waals surface area contributed by atoms with Crippen LogP contribution in [0.15, 0.2) is 334 Å². The molecule has 0 bridgehead atoms. The van der Waals surface area contributed by atoms with E-state index in [0.29, 0.717) is 16.8 Å². The molecule has 5 nitrogen and oxygen atoms in total. The number of benzene rings is 15. The fourth-order valence-electron chi connectivity index (χ4n) is 18.1. The van der Waals surface area contributed by atoms with Crippen molar-refractivity contribution < 1.29 is 4.11 Å². The number of hydrogen-bond donors (Lipinski definition) is 0. The number of anilines is 6. The van der Waals surface area contributed by atoms with Crippen LogP contribution in [0.3, 0.4) is 0 Å². The van der Waals surface area contributed by atoms with Gasteiger partial charge in [-0.3, -0.25) is 0 Å². The van der Waals surface area contributed by atoms with Crippen molar-refractivity contribution in [3.63, 3.8) is 0 Å². The Labute approximate surface area is 662 Å². The summed E-state index contributed by atoms with van der Waals surface area (Å²) in [4.78, 5) is 10.2. The molecule has 0 saturated heterocycles. The lowest BCUT2D eigenvalue weighted by atomic mass is 9.36. The Bertz CT molecular complexity index is 7040. The second kappa shape index (κ2) is 25.4. The number of hydrogen-bond acceptors (Lipinski definition) is 4. The molecule has 2 aliphatic rings. The van der Waals surface area contributed by atoms with Crippen molar-refractivity contribution in [2.45, 2.75) is 78.6 Å². The largest absolute Gasteiger partial charge is 0.310 e. The average molecular weight is 1460 g/mol. The molecule has 0 aliphatic carbocycles. The number of rotatable bonds is 9. The molecular weight excluding hydrogens is 1370 g/mol. The molecular formula is C105H82BN5S. The Balaban J connectivity index is 0.944. The molecule has 2 aliphatic heterocycles. The molecule has 6 heterocycles. The van der Waals surface area contributed by atoms with E-state index >= 15 is 0 Å². The van der Waals surface area contributed by atoms with Crippen molar-refractivity contribution in [1.29, 1.82) is 0 Å². The lowest BCUT2D eigenvalue weighted by Crippen LogP contribution is -2.60. The highest BCUT2D eigenvalue weighted by molar-refractivity contribution is 7.33. The molecule has 0 amide bonds. The monoisotopic (exact) mass is 1460 g/mol. The number of nitrogens with zero attached hydrogens (tertiary/aromatic N) is 5. The van der Waals surface area contributed by atoms with Crippen molar-refractivity contribution in [2.24, 2.45) is 0 Å². The highest BCUT2D eigenvalue weighted by Gasteiger charge is 2.48. The summed E-state index contributed by atoms with van der Waals surface area (Å²) in [5, 5.41) is 7.50. The van der Waals surface area contributed by atoms with Gasteiger partial charge < -0.3 is 18.9 Å². The maximum atomic E-state index is 12.0. The van der Waals surface area contributed by atoms with Gasteiger partial charge in [-0.1, -0.05) is 287 Å². The summed E-state index contributed by atoms with van der Waals surface area (Å²) in [7, 11) is 0. The molecule has 0 spiro atoms. The Morgan fingerprint density at radius 2 is 0.723 bits per heavy atom. The van der Waals surface area contributed by atoms with E-state index in [4.69, 9.17) is 4.98 Å². The molecule has 0 fully saturated rings. The minimum Gasteiger partial charge on any atom is -0.310 e. The third-order valence-electron chi connectivity index (χ3n) is 23.6. The first-order chi connectivity index (χ1) is 55.7. The van der Waals surface area contributed by atoms with Gasteiger partial charge in [-0.25, -0.2) is 4.98 Å². The molecule has 0 radical (unpaired) electrons. The van der Waals surface area contributed by atoms with Crippen molar-refractivity contribution >= 4 is 143 Å². The summed E-state index contributed by atoms with van der Waals surface area (Å²) in [6.45, 7) is 20.2. The van der Waals surface area contributed by atoms with Gasteiger partial charge in [-0.2, -0.15) is 0 Å². The summed E-state index contributed by atoms with van der Waals surface area (Å²) in [5.74, 6) is 0. The van der Waals surface area contributed by atoms with Crippen LogP contribution >= 0.6 is 11.3 Å². The molecule has 19 aromatic rings. The summed E-state index contributed by atoms with van der Waals surface area (Å²) < 4.78 is 41.6. The van der Waals surface area contributed by atoms with Crippen molar-refractivity contribution in [3.8, 4) is 67.0 Å². The Morgan fingerprint density at radius 3 is 1.21 bits per heavy atom. The van der Waals surface area contributed by atoms with Gasteiger partial charge in [0, 0.05) is 103 Å². The van der Waals surface area contributed by atoms with Gasteiger partial charge >= 0.3 is 0 Å². The number of para-hydroxylation sites is 5. The molecule has 0 atom stereocenters. The quantitative estimate of drug-likeness (QED) is 0.107. The predicted molar refractivity (Wildman–Crippen MR) is 481 cm³/mol. The van der Waals surface area contributed by atoms with E-state index in [2.05, 4.69) is 397 Å². The van der Waals surface area contributed by atoms with Crippen LogP contribution in [-0.4, -0.2) is 20.8 Å². The molecule has 15 aromatic carbocycles. The molecule has 7 heteroatoms. The molecule has 0 saturated carbocycles. The summed E-state index contributed by atoms with van der Waals surface area (Å²) in [6, 6.07) is 115. The van der Waals surface area contributed by atoms with Crippen LogP contribution in [-0.2, 0) is 16.2 Å². The van der Waals surface area contributed by atoms with Gasteiger partial charge in [0.25, 0.3) is 6.71 Å². The first-order valence-corrected chi connectivity index (χ1v) is 39.9. The van der Waals surface area contributed by atoms with Crippen LogP contribution in [0.5, 0.6) is 0 Å². The first kappa shape index (κ1) is 64.1. The van der Waals surface area contributed by atoms with Crippen molar-refractivity contribution in [1.82, 2.24) is 14.1 Å². The van der Waals surface area contributed by atoms with Gasteiger partial charge in [-0.15, -0.1) is 11.3 Å². The lowest BCUT2D eigenvalue weighted by molar-refractivity contribution is 0.590. The molecule has 0 N–H and O–H groups in total. The first-order valence-electron chi connectivity index (χ1n) is 40.6. The third-order valence-corrected chi connectivity index (χ3v) is 24.8. The van der Waals surface area contributed by atoms with E-state index in [1.807, 2.05) is 0 Å². The topological polar surface area (TPSA) is 29.2 Å². The van der Waals surface area contributed by atoms with Crippen LogP contribution in [0, 0.1) is 0 Å². The van der Waals surface area contributed by atoms with Crippen LogP contribution in [0.2, 0.25) is 0 Å². The zero-order chi connectivity index (χ0) is 78.2. The normalized spacial score (nSPS) is 13.4. The van der Waals surface area contributed by atoms with Gasteiger partial charge in [0.05, 0.1) is 54.3 Å². The lowest BCUT2D eigenvalue weighted by Gasteiger charge is -2.46. The summed E-state index contributed by atoms with van der Waals surface area (Å²) >= 11 is 1.78. The van der Waals surface area contributed by atoms with Crippen LogP contribution in [0.25, 0.3) is 143 Å². The number of thiophene rings is 1. The molecule has 0 unspecified atom stereocenters. The average Bonchev–Trinajstić information content (AvgIpc) is 1.67. The standard InChI is InChI=1S/C105H82BN5S/c1-103(2,3)70-57-81(65-32-14-10-15-33-65)99(82(58-70)66-34-16-11-17-35-66)110-93-63-73(108-91-49-31-26-42-77(91)85-56-69(50-55-92(85)108)97-78-43-22-27-45-87(78)107-88-46-28-23-44-79(88)97)52-54-86(93)106-98-94(110)61-72(105(7,8)9)62-95(98)111(100-83(67-36-18-12-19-37-67)59-71(104(4,5)6)60-84(100)68-38-20-13-21-39-68)101-80-53-51-74(64-96(80)112-102(101)106)109-89-47-29-24-40-75(89)76-41-25-30-48-90(76)109/h10-64H,1-9H3/i52D,54D,63D. The maximum Gasteiger partial charge on any atom is 0.264 e. The van der Waals surface area contributed by atoms with Gasteiger partial charge in [0.1, 0.15) is 0 Å². The van der Waals surface area contributed by atoms with E-state index in [1.165, 1.54) is 16.3 Å². The van der Waals surface area contributed by atoms with E-state index in [-0.39, 0.29) is 29.0 Å². The van der Waals surface area contributed by atoms with E-state index < -0.39 is 12.1 Å². The second-order valence-electron chi connectivity index (χ2n) is 33.5. The fraction of sp³-hybridized carbons (Fsp3) is 0.114. The second-order valence-corrected chi connectivity index (χ2v) is 34.6.